The van der Waals surface area contributed by atoms with Gasteiger partial charge in [-0.15, -0.1) is 0 Å². The molecular weight excluding hydrogens is 206 g/mol. The molecule has 0 saturated carbocycles. The van der Waals surface area contributed by atoms with Crippen molar-refractivity contribution in [1.82, 2.24) is 0 Å². The van der Waals surface area contributed by atoms with E-state index >= 15 is 0 Å². The summed E-state index contributed by atoms with van der Waals surface area (Å²) in [6.07, 6.45) is 1.18. The van der Waals surface area contributed by atoms with Crippen molar-refractivity contribution >= 4 is 11.9 Å². The lowest BCUT2D eigenvalue weighted by molar-refractivity contribution is -0.158. The third-order valence-electron chi connectivity index (χ3n) is 2.07. The van der Waals surface area contributed by atoms with E-state index in [1.54, 1.807) is 13.8 Å². The number of hydrogen-bond acceptors (Lipinski definition) is 3. The van der Waals surface area contributed by atoms with Crippen LogP contribution in [0, 0.1) is 5.41 Å². The van der Waals surface area contributed by atoms with E-state index in [9.17, 15) is 9.59 Å². The van der Waals surface area contributed by atoms with Gasteiger partial charge in [-0.3, -0.25) is 9.59 Å². The van der Waals surface area contributed by atoms with Crippen LogP contribution >= 0.6 is 0 Å². The van der Waals surface area contributed by atoms with Crippen molar-refractivity contribution in [2.45, 2.75) is 59.5 Å². The zero-order chi connectivity index (χ0) is 13.0. The predicted molar refractivity (Wildman–Crippen MR) is 62.7 cm³/mol. The Kier molecular flexibility index (Phi) is 4.97. The van der Waals surface area contributed by atoms with Crippen molar-refractivity contribution < 1.29 is 14.3 Å². The molecule has 4 heteroatoms. The Hall–Kier alpha value is -1.06. The van der Waals surface area contributed by atoms with Crippen LogP contribution in [0.2, 0.25) is 0 Å². The third-order valence-corrected chi connectivity index (χ3v) is 2.07. The van der Waals surface area contributed by atoms with Crippen LogP contribution < -0.4 is 5.73 Å². The molecule has 0 saturated heterocycles. The molecule has 0 atom stereocenters. The maximum absolute atomic E-state index is 11.5. The lowest BCUT2D eigenvalue weighted by Gasteiger charge is -2.25. The number of amides is 1. The van der Waals surface area contributed by atoms with Crippen LogP contribution in [0.4, 0.5) is 0 Å². The Morgan fingerprint density at radius 3 is 2.00 bits per heavy atom. The molecular formula is C12H23NO3. The largest absolute Gasteiger partial charge is 0.459 e. The summed E-state index contributed by atoms with van der Waals surface area (Å²) in [5.41, 5.74) is 4.37. The minimum Gasteiger partial charge on any atom is -0.459 e. The average Bonchev–Trinajstić information content (AvgIpc) is 1.95. The van der Waals surface area contributed by atoms with Crippen molar-refractivity contribution in [3.63, 3.8) is 0 Å². The standard InChI is InChI=1S/C12H23NO3/c1-11(2,3)7-6-10(15)16-12(4,5)8-9(13)14/h6-8H2,1-5H3,(H2,13,14). The van der Waals surface area contributed by atoms with Crippen molar-refractivity contribution in [3.8, 4) is 0 Å². The molecule has 0 aromatic heterocycles. The SMILES string of the molecule is CC(C)(C)CCC(=O)OC(C)(C)CC(N)=O. The van der Waals surface area contributed by atoms with E-state index in [4.69, 9.17) is 10.5 Å². The fourth-order valence-electron chi connectivity index (χ4n) is 1.29. The number of carbonyl (C=O) groups is 2. The van der Waals surface area contributed by atoms with Crippen LogP contribution in [0.3, 0.4) is 0 Å². The van der Waals surface area contributed by atoms with Gasteiger partial charge in [-0.2, -0.15) is 0 Å². The van der Waals surface area contributed by atoms with Gasteiger partial charge < -0.3 is 10.5 Å². The molecule has 0 aromatic carbocycles. The normalized spacial score (nSPS) is 12.3. The fourth-order valence-corrected chi connectivity index (χ4v) is 1.29. The molecule has 16 heavy (non-hydrogen) atoms. The van der Waals surface area contributed by atoms with Crippen LogP contribution in [0.25, 0.3) is 0 Å². The van der Waals surface area contributed by atoms with Crippen molar-refractivity contribution in [1.29, 1.82) is 0 Å². The van der Waals surface area contributed by atoms with Crippen molar-refractivity contribution in [2.75, 3.05) is 0 Å². The molecule has 94 valence electrons. The number of carbonyl (C=O) groups excluding carboxylic acids is 2. The van der Waals surface area contributed by atoms with E-state index < -0.39 is 11.5 Å². The minimum atomic E-state index is -0.805. The zero-order valence-electron chi connectivity index (χ0n) is 10.9. The second-order valence-electron chi connectivity index (χ2n) is 5.94. The summed E-state index contributed by atoms with van der Waals surface area (Å²) in [5, 5.41) is 0. The Morgan fingerprint density at radius 1 is 1.12 bits per heavy atom. The maximum Gasteiger partial charge on any atom is 0.306 e. The van der Waals surface area contributed by atoms with Gasteiger partial charge in [0.1, 0.15) is 5.60 Å². The van der Waals surface area contributed by atoms with Crippen LogP contribution in [0.5, 0.6) is 0 Å². The van der Waals surface area contributed by atoms with Gasteiger partial charge in [0, 0.05) is 6.42 Å². The minimum absolute atomic E-state index is 0.0499. The second-order valence-corrected chi connectivity index (χ2v) is 5.94. The van der Waals surface area contributed by atoms with Gasteiger partial charge in [0.15, 0.2) is 0 Å². The Bertz CT molecular complexity index is 264. The van der Waals surface area contributed by atoms with Gasteiger partial charge in [-0.05, 0) is 25.7 Å². The van der Waals surface area contributed by atoms with E-state index in [2.05, 4.69) is 20.8 Å². The monoisotopic (exact) mass is 229 g/mol. The summed E-state index contributed by atoms with van der Waals surface area (Å²) in [7, 11) is 0. The number of ether oxygens (including phenoxy) is 1. The quantitative estimate of drug-likeness (QED) is 0.733. The molecule has 0 radical (unpaired) electrons. The summed E-state index contributed by atoms with van der Waals surface area (Å²) < 4.78 is 5.20. The van der Waals surface area contributed by atoms with Gasteiger partial charge in [-0.1, -0.05) is 20.8 Å². The molecule has 0 aliphatic rings. The van der Waals surface area contributed by atoms with Crippen LogP contribution in [-0.4, -0.2) is 17.5 Å². The highest BCUT2D eigenvalue weighted by molar-refractivity contribution is 5.76. The van der Waals surface area contributed by atoms with Crippen molar-refractivity contribution in [3.05, 3.63) is 0 Å². The summed E-state index contributed by atoms with van der Waals surface area (Å²) in [6.45, 7) is 9.57. The Labute approximate surface area is 97.5 Å². The van der Waals surface area contributed by atoms with E-state index in [0.717, 1.165) is 6.42 Å². The van der Waals surface area contributed by atoms with Gasteiger partial charge in [-0.25, -0.2) is 0 Å². The number of rotatable bonds is 5. The molecule has 1 amide bonds. The molecule has 0 rings (SSSR count). The molecule has 0 aliphatic carbocycles. The Balaban J connectivity index is 4.09. The van der Waals surface area contributed by atoms with Crippen LogP contribution in [-0.2, 0) is 14.3 Å². The highest BCUT2D eigenvalue weighted by Crippen LogP contribution is 2.22. The molecule has 0 heterocycles. The van der Waals surface area contributed by atoms with E-state index in [0.29, 0.717) is 6.42 Å². The van der Waals surface area contributed by atoms with Crippen molar-refractivity contribution in [2.24, 2.45) is 11.1 Å². The lowest BCUT2D eigenvalue weighted by Crippen LogP contribution is -2.33. The predicted octanol–water partition coefficient (Wildman–Crippen LogP) is 2.01. The highest BCUT2D eigenvalue weighted by atomic mass is 16.6. The fraction of sp³-hybridized carbons (Fsp3) is 0.833. The molecule has 0 spiro atoms. The first kappa shape index (κ1) is 14.9. The van der Waals surface area contributed by atoms with Crippen LogP contribution in [0.15, 0.2) is 0 Å². The smallest absolute Gasteiger partial charge is 0.306 e. The first-order valence-electron chi connectivity index (χ1n) is 5.52. The molecule has 2 N–H and O–H groups in total. The molecule has 0 unspecified atom stereocenters. The zero-order valence-corrected chi connectivity index (χ0v) is 10.9. The number of primary amides is 1. The molecule has 0 fully saturated rings. The second kappa shape index (κ2) is 5.32. The van der Waals surface area contributed by atoms with Crippen LogP contribution in [0.1, 0.15) is 53.9 Å². The lowest BCUT2D eigenvalue weighted by atomic mass is 9.90. The summed E-state index contributed by atoms with van der Waals surface area (Å²) in [4.78, 5) is 22.3. The number of esters is 1. The topological polar surface area (TPSA) is 69.4 Å². The third kappa shape index (κ3) is 8.26. The van der Waals surface area contributed by atoms with E-state index in [-0.39, 0.29) is 17.8 Å². The Morgan fingerprint density at radius 2 is 1.62 bits per heavy atom. The molecule has 0 bridgehead atoms. The molecule has 4 nitrogen and oxygen atoms in total. The highest BCUT2D eigenvalue weighted by Gasteiger charge is 2.25. The van der Waals surface area contributed by atoms with Gasteiger partial charge in [0.05, 0.1) is 6.42 Å². The van der Waals surface area contributed by atoms with E-state index in [1.807, 2.05) is 0 Å². The summed E-state index contributed by atoms with van der Waals surface area (Å²) in [6, 6.07) is 0. The maximum atomic E-state index is 11.5. The molecule has 0 aliphatic heterocycles. The summed E-state index contributed by atoms with van der Waals surface area (Å²) >= 11 is 0. The van der Waals surface area contributed by atoms with E-state index in [1.165, 1.54) is 0 Å². The van der Waals surface area contributed by atoms with Gasteiger partial charge in [0.25, 0.3) is 0 Å². The van der Waals surface area contributed by atoms with Gasteiger partial charge >= 0.3 is 5.97 Å². The first-order chi connectivity index (χ1) is 7.02. The summed E-state index contributed by atoms with van der Waals surface area (Å²) in [5.74, 6) is -0.741. The van der Waals surface area contributed by atoms with Gasteiger partial charge in [0.2, 0.25) is 5.91 Å². The number of nitrogens with two attached hydrogens (primary N) is 1. The average molecular weight is 229 g/mol. The molecule has 0 aromatic rings. The number of hydrogen-bond donors (Lipinski definition) is 1. The first-order valence-corrected chi connectivity index (χ1v) is 5.52.